The van der Waals surface area contributed by atoms with Gasteiger partial charge in [-0.1, -0.05) is 12.1 Å². The molecule has 10 heteroatoms. The van der Waals surface area contributed by atoms with Gasteiger partial charge in [-0.05, 0) is 81.1 Å². The lowest BCUT2D eigenvalue weighted by Gasteiger charge is -2.30. The van der Waals surface area contributed by atoms with Gasteiger partial charge in [0.05, 0.1) is 18.6 Å². The maximum Gasteiger partial charge on any atom is 0.251 e. The van der Waals surface area contributed by atoms with Crippen LogP contribution in [0, 0.1) is 5.82 Å². The molecule has 8 nitrogen and oxygen atoms in total. The van der Waals surface area contributed by atoms with Crippen molar-refractivity contribution in [3.63, 3.8) is 0 Å². The quantitative estimate of drug-likeness (QED) is 0.421. The molecule has 38 heavy (non-hydrogen) atoms. The number of amides is 2. The van der Waals surface area contributed by atoms with Crippen molar-refractivity contribution in [3.05, 3.63) is 65.5 Å². The van der Waals surface area contributed by atoms with Gasteiger partial charge in [0, 0.05) is 30.1 Å². The summed E-state index contributed by atoms with van der Waals surface area (Å²) in [4.78, 5) is 27.5. The molecular weight excluding hydrogens is 509 g/mol. The molecule has 0 radical (unpaired) electrons. The number of halogens is 1. The van der Waals surface area contributed by atoms with E-state index >= 15 is 0 Å². The molecule has 2 N–H and O–H groups in total. The van der Waals surface area contributed by atoms with Crippen LogP contribution in [0.5, 0.6) is 5.75 Å². The largest absolute Gasteiger partial charge is 0.497 e. The molecule has 2 fully saturated rings. The van der Waals surface area contributed by atoms with Crippen LogP contribution in [0.1, 0.15) is 54.4 Å². The third-order valence-corrected chi connectivity index (χ3v) is 9.18. The maximum atomic E-state index is 13.3. The van der Waals surface area contributed by atoms with Crippen LogP contribution in [0.3, 0.4) is 0 Å². The average molecular weight is 546 g/mol. The summed E-state index contributed by atoms with van der Waals surface area (Å²) in [7, 11) is -1.48. The van der Waals surface area contributed by atoms with Crippen LogP contribution in [0.4, 0.5) is 4.39 Å². The Morgan fingerprint density at radius 3 is 2.37 bits per heavy atom. The molecule has 1 aliphatic carbocycles. The number of hydrogen-bond acceptors (Lipinski definition) is 6. The molecule has 3 atom stereocenters. The minimum atomic E-state index is -3.14. The van der Waals surface area contributed by atoms with E-state index in [-0.39, 0.29) is 41.6 Å². The Morgan fingerprint density at radius 1 is 1.08 bits per heavy atom. The Hall–Kier alpha value is -2.98. The fraction of sp³-hybridized carbons (Fsp3) is 0.500. The number of nitrogens with zero attached hydrogens (tertiary/aromatic N) is 1. The fourth-order valence-corrected chi connectivity index (χ4v) is 6.18. The van der Waals surface area contributed by atoms with Crippen molar-refractivity contribution in [1.82, 2.24) is 15.5 Å². The molecule has 0 aromatic heterocycles. The predicted octanol–water partition coefficient (Wildman–Crippen LogP) is 2.90. The van der Waals surface area contributed by atoms with Gasteiger partial charge < -0.3 is 20.3 Å². The van der Waals surface area contributed by atoms with Gasteiger partial charge in [0.1, 0.15) is 17.6 Å². The number of sulfone groups is 1. The van der Waals surface area contributed by atoms with E-state index in [0.29, 0.717) is 18.8 Å². The number of unbranched alkanes of at least 4 members (excludes halogenated alkanes) is 1. The molecule has 1 saturated carbocycles. The zero-order valence-electron chi connectivity index (χ0n) is 21.9. The molecule has 2 amide bonds. The molecule has 1 saturated heterocycles. The Balaban J connectivity index is 1.29. The number of carbonyl (C=O) groups excluding carboxylic acids is 2. The van der Waals surface area contributed by atoms with Gasteiger partial charge in [0.2, 0.25) is 5.91 Å². The Morgan fingerprint density at radius 2 is 1.74 bits per heavy atom. The maximum absolute atomic E-state index is 13.3. The summed E-state index contributed by atoms with van der Waals surface area (Å²) in [6.07, 6.45) is 2.99. The highest BCUT2D eigenvalue weighted by Crippen LogP contribution is 2.51. The van der Waals surface area contributed by atoms with E-state index in [1.165, 1.54) is 34.7 Å². The van der Waals surface area contributed by atoms with E-state index in [0.717, 1.165) is 25.1 Å². The average Bonchev–Trinajstić information content (AvgIpc) is 3.58. The molecule has 0 spiro atoms. The standard InChI is InChI=1S/C28H36FN3O5S/c1-28(19-24(28)20-8-12-23(37-2)13-9-20)30-14-4-3-5-25(27(34)32-15-17-38(35,36)18-16-32)31-26(33)21-6-10-22(29)11-7-21/h6-13,24-25,30H,3-5,14-19H2,1-2H3,(H,31,33)/t24-,25-,28?/m0/s1. The van der Waals surface area contributed by atoms with Gasteiger partial charge in [0.15, 0.2) is 9.84 Å². The van der Waals surface area contributed by atoms with Crippen molar-refractivity contribution < 1.29 is 27.1 Å². The lowest BCUT2D eigenvalue weighted by Crippen LogP contribution is -2.52. The summed E-state index contributed by atoms with van der Waals surface area (Å²) in [6.45, 7) is 3.23. The lowest BCUT2D eigenvalue weighted by atomic mass is 10.1. The highest BCUT2D eigenvalue weighted by atomic mass is 32.2. The third kappa shape index (κ3) is 7.11. The second kappa shape index (κ2) is 11.8. The summed E-state index contributed by atoms with van der Waals surface area (Å²) < 4.78 is 42.1. The summed E-state index contributed by atoms with van der Waals surface area (Å²) >= 11 is 0. The first-order valence-corrected chi connectivity index (χ1v) is 14.9. The van der Waals surface area contributed by atoms with Crippen LogP contribution in [0.25, 0.3) is 0 Å². The van der Waals surface area contributed by atoms with Crippen molar-refractivity contribution >= 4 is 21.7 Å². The number of hydrogen-bond donors (Lipinski definition) is 2. The zero-order chi connectivity index (χ0) is 27.3. The van der Waals surface area contributed by atoms with Crippen LogP contribution in [0.15, 0.2) is 48.5 Å². The minimum Gasteiger partial charge on any atom is -0.497 e. The van der Waals surface area contributed by atoms with E-state index in [9.17, 15) is 22.4 Å². The summed E-state index contributed by atoms with van der Waals surface area (Å²) in [5, 5.41) is 6.44. The van der Waals surface area contributed by atoms with Crippen molar-refractivity contribution in [2.45, 2.75) is 50.1 Å². The summed E-state index contributed by atoms with van der Waals surface area (Å²) in [5.74, 6) is -0.0606. The highest BCUT2D eigenvalue weighted by molar-refractivity contribution is 7.91. The third-order valence-electron chi connectivity index (χ3n) is 7.57. The Bertz CT molecular complexity index is 1220. The molecule has 2 aromatic carbocycles. The van der Waals surface area contributed by atoms with E-state index < -0.39 is 27.6 Å². The smallest absolute Gasteiger partial charge is 0.251 e. The normalized spacial score (nSPS) is 22.9. The van der Waals surface area contributed by atoms with Gasteiger partial charge in [-0.25, -0.2) is 12.8 Å². The predicted molar refractivity (Wildman–Crippen MR) is 143 cm³/mol. The number of benzene rings is 2. The van der Waals surface area contributed by atoms with Crippen LogP contribution >= 0.6 is 0 Å². The van der Waals surface area contributed by atoms with Crippen molar-refractivity contribution in [2.75, 3.05) is 38.2 Å². The van der Waals surface area contributed by atoms with Crippen LogP contribution in [-0.4, -0.2) is 75.0 Å². The zero-order valence-corrected chi connectivity index (χ0v) is 22.7. The molecule has 0 bridgehead atoms. The number of ether oxygens (including phenoxy) is 1. The van der Waals surface area contributed by atoms with Gasteiger partial charge in [-0.15, -0.1) is 0 Å². The molecule has 4 rings (SSSR count). The first kappa shape index (κ1) is 28.0. The van der Waals surface area contributed by atoms with Gasteiger partial charge in [-0.3, -0.25) is 9.59 Å². The monoisotopic (exact) mass is 545 g/mol. The van der Waals surface area contributed by atoms with Crippen molar-refractivity contribution in [1.29, 1.82) is 0 Å². The summed E-state index contributed by atoms with van der Waals surface area (Å²) in [5.41, 5.74) is 1.57. The highest BCUT2D eigenvalue weighted by Gasteiger charge is 2.50. The first-order valence-electron chi connectivity index (χ1n) is 13.0. The topological polar surface area (TPSA) is 105 Å². The van der Waals surface area contributed by atoms with Gasteiger partial charge >= 0.3 is 0 Å². The second-order valence-electron chi connectivity index (χ2n) is 10.4. The van der Waals surface area contributed by atoms with E-state index in [1.807, 2.05) is 12.1 Å². The minimum absolute atomic E-state index is 0.0277. The summed E-state index contributed by atoms with van der Waals surface area (Å²) in [6, 6.07) is 12.5. The number of methoxy groups -OCH3 is 1. The number of rotatable bonds is 11. The molecule has 2 aromatic rings. The van der Waals surface area contributed by atoms with Gasteiger partial charge in [0.25, 0.3) is 5.91 Å². The fourth-order valence-electron chi connectivity index (χ4n) is 4.98. The van der Waals surface area contributed by atoms with Gasteiger partial charge in [-0.2, -0.15) is 0 Å². The Kier molecular flexibility index (Phi) is 8.72. The lowest BCUT2D eigenvalue weighted by molar-refractivity contribution is -0.133. The molecule has 2 aliphatic rings. The van der Waals surface area contributed by atoms with E-state index in [1.54, 1.807) is 7.11 Å². The molecular formula is C28H36FN3O5S. The van der Waals surface area contributed by atoms with Crippen LogP contribution < -0.4 is 15.4 Å². The van der Waals surface area contributed by atoms with Crippen LogP contribution in [-0.2, 0) is 14.6 Å². The van der Waals surface area contributed by atoms with Crippen LogP contribution in [0.2, 0.25) is 0 Å². The second-order valence-corrected chi connectivity index (χ2v) is 12.7. The molecule has 1 aliphatic heterocycles. The molecule has 1 unspecified atom stereocenters. The van der Waals surface area contributed by atoms with E-state index in [2.05, 4.69) is 29.7 Å². The van der Waals surface area contributed by atoms with Crippen molar-refractivity contribution in [2.24, 2.45) is 0 Å². The number of carbonyl (C=O) groups is 2. The Labute approximate surface area is 223 Å². The van der Waals surface area contributed by atoms with Crippen molar-refractivity contribution in [3.8, 4) is 5.75 Å². The van der Waals surface area contributed by atoms with E-state index in [4.69, 9.17) is 4.74 Å². The number of nitrogens with one attached hydrogen (secondary N) is 2. The molecule has 1 heterocycles. The first-order chi connectivity index (χ1) is 18.1. The SMILES string of the molecule is COc1ccc([C@@H]2CC2(C)NCCCC[C@H](NC(=O)c2ccc(F)cc2)C(=O)N2CCS(=O)(=O)CC2)cc1. The molecule has 206 valence electrons.